The molecule has 2 rings (SSSR count). The summed E-state index contributed by atoms with van der Waals surface area (Å²) in [6.07, 6.45) is 1.18. The van der Waals surface area contributed by atoms with Crippen LogP contribution in [0.25, 0.3) is 0 Å². The van der Waals surface area contributed by atoms with Gasteiger partial charge in [0.1, 0.15) is 5.02 Å². The number of hydrogen-bond acceptors (Lipinski definition) is 5. The van der Waals surface area contributed by atoms with E-state index < -0.39 is 15.7 Å². The molecule has 1 saturated heterocycles. The van der Waals surface area contributed by atoms with Crippen LogP contribution in [-0.4, -0.2) is 26.0 Å². The Morgan fingerprint density at radius 3 is 2.68 bits per heavy atom. The molecule has 1 unspecified atom stereocenters. The van der Waals surface area contributed by atoms with Crippen LogP contribution in [-0.2, 0) is 9.84 Å². The lowest BCUT2D eigenvalue weighted by Crippen LogP contribution is -2.35. The minimum atomic E-state index is -3.08. The molecule has 8 heteroatoms. The van der Waals surface area contributed by atoms with Crippen LogP contribution in [0.4, 0.5) is 21.5 Å². The van der Waals surface area contributed by atoms with E-state index in [0.717, 1.165) is 0 Å². The molecule has 5 nitrogen and oxygen atoms in total. The Hall–Kier alpha value is -1.21. The van der Waals surface area contributed by atoms with Crippen LogP contribution in [0.2, 0.25) is 5.02 Å². The van der Waals surface area contributed by atoms with Crippen LogP contribution >= 0.6 is 11.6 Å². The maximum Gasteiger partial charge on any atom is 0.169 e. The molecule has 0 amide bonds. The summed E-state index contributed by atoms with van der Waals surface area (Å²) in [4.78, 5) is 0. The van der Waals surface area contributed by atoms with Gasteiger partial charge in [-0.15, -0.1) is 0 Å². The summed E-state index contributed by atoms with van der Waals surface area (Å²) < 4.78 is 37.0. The Morgan fingerprint density at radius 1 is 1.37 bits per heavy atom. The smallest absolute Gasteiger partial charge is 0.169 e. The summed E-state index contributed by atoms with van der Waals surface area (Å²) >= 11 is 5.71. The summed E-state index contributed by atoms with van der Waals surface area (Å²) in [6.45, 7) is 0. The van der Waals surface area contributed by atoms with E-state index in [1.165, 1.54) is 6.07 Å². The minimum absolute atomic E-state index is 0.0151. The lowest BCUT2D eigenvalue weighted by molar-refractivity contribution is 0.559. The number of nitrogens with two attached hydrogens (primary N) is 2. The van der Waals surface area contributed by atoms with Gasteiger partial charge in [0.25, 0.3) is 0 Å². The van der Waals surface area contributed by atoms with Gasteiger partial charge in [0.05, 0.1) is 28.6 Å². The number of nitrogens with one attached hydrogen (secondary N) is 1. The first kappa shape index (κ1) is 14.2. The molecule has 0 bridgehead atoms. The first-order chi connectivity index (χ1) is 8.80. The second kappa shape index (κ2) is 5.05. The third-order valence-electron chi connectivity index (χ3n) is 3.08. The van der Waals surface area contributed by atoms with E-state index in [1.54, 1.807) is 0 Å². The average molecular weight is 308 g/mol. The number of rotatable bonds is 2. The first-order valence-electron chi connectivity index (χ1n) is 5.80. The van der Waals surface area contributed by atoms with Crippen LogP contribution in [0.1, 0.15) is 12.8 Å². The standard InChI is InChI=1S/C11H15ClFN3O2S/c12-9-7(14)4-8(15)11(10(9)13)16-6-2-1-3-19(17,18)5-6/h4,6,16H,1-3,5,14-15H2. The zero-order valence-corrected chi connectivity index (χ0v) is 11.7. The monoisotopic (exact) mass is 307 g/mol. The van der Waals surface area contributed by atoms with Gasteiger partial charge in [0.2, 0.25) is 0 Å². The molecular formula is C11H15ClFN3O2S. The lowest BCUT2D eigenvalue weighted by atomic mass is 10.1. The Bertz CT molecular complexity index is 606. The molecule has 0 saturated carbocycles. The SMILES string of the molecule is Nc1cc(N)c(NC2CCCS(=O)(=O)C2)c(F)c1Cl. The van der Waals surface area contributed by atoms with Crippen LogP contribution in [0.3, 0.4) is 0 Å². The third-order valence-corrected chi connectivity index (χ3v) is 5.28. The summed E-state index contributed by atoms with van der Waals surface area (Å²) in [5, 5.41) is 2.61. The van der Waals surface area contributed by atoms with E-state index in [2.05, 4.69) is 5.32 Å². The van der Waals surface area contributed by atoms with E-state index in [1.807, 2.05) is 0 Å². The van der Waals surface area contributed by atoms with Crippen molar-refractivity contribution in [1.82, 2.24) is 0 Å². The highest BCUT2D eigenvalue weighted by atomic mass is 35.5. The number of nitrogen functional groups attached to an aromatic ring is 2. The van der Waals surface area contributed by atoms with Crippen molar-refractivity contribution in [2.75, 3.05) is 28.3 Å². The predicted octanol–water partition coefficient (Wildman–Crippen LogP) is 1.63. The predicted molar refractivity (Wildman–Crippen MR) is 75.5 cm³/mol. The third kappa shape index (κ3) is 3.03. The number of halogens is 2. The highest BCUT2D eigenvalue weighted by molar-refractivity contribution is 7.91. The van der Waals surface area contributed by atoms with Gasteiger partial charge in [-0.2, -0.15) is 0 Å². The molecule has 0 spiro atoms. The molecule has 5 N–H and O–H groups in total. The Labute approximate surface area is 116 Å². The van der Waals surface area contributed by atoms with Gasteiger partial charge in [0.15, 0.2) is 15.7 Å². The van der Waals surface area contributed by atoms with Gasteiger partial charge in [-0.1, -0.05) is 11.6 Å². The van der Waals surface area contributed by atoms with Crippen molar-refractivity contribution in [3.8, 4) is 0 Å². The molecule has 19 heavy (non-hydrogen) atoms. The average Bonchev–Trinajstić information content (AvgIpc) is 2.31. The Kier molecular flexibility index (Phi) is 3.78. The summed E-state index contributed by atoms with van der Waals surface area (Å²) in [5.41, 5.74) is 11.4. The van der Waals surface area contributed by atoms with Crippen LogP contribution in [0.15, 0.2) is 6.07 Å². The van der Waals surface area contributed by atoms with E-state index in [4.69, 9.17) is 23.1 Å². The quantitative estimate of drug-likeness (QED) is 0.721. The van der Waals surface area contributed by atoms with Crippen LogP contribution in [0.5, 0.6) is 0 Å². The van der Waals surface area contributed by atoms with Crippen molar-refractivity contribution in [3.63, 3.8) is 0 Å². The number of hydrogen-bond donors (Lipinski definition) is 3. The zero-order chi connectivity index (χ0) is 14.2. The zero-order valence-electron chi connectivity index (χ0n) is 10.1. The van der Waals surface area contributed by atoms with Crippen LogP contribution in [0, 0.1) is 5.82 Å². The van der Waals surface area contributed by atoms with Crippen molar-refractivity contribution in [3.05, 3.63) is 16.9 Å². The van der Waals surface area contributed by atoms with Crippen molar-refractivity contribution in [1.29, 1.82) is 0 Å². The largest absolute Gasteiger partial charge is 0.397 e. The molecule has 106 valence electrons. The van der Waals surface area contributed by atoms with E-state index in [0.29, 0.717) is 12.8 Å². The molecule has 1 atom stereocenters. The van der Waals surface area contributed by atoms with Gasteiger partial charge in [-0.05, 0) is 18.9 Å². The van der Waals surface area contributed by atoms with Crippen molar-refractivity contribution in [2.45, 2.75) is 18.9 Å². The fourth-order valence-electron chi connectivity index (χ4n) is 2.15. The Balaban J connectivity index is 2.27. The highest BCUT2D eigenvalue weighted by Gasteiger charge is 2.26. The van der Waals surface area contributed by atoms with Crippen molar-refractivity contribution in [2.24, 2.45) is 0 Å². The fraction of sp³-hybridized carbons (Fsp3) is 0.455. The molecule has 1 fully saturated rings. The minimum Gasteiger partial charge on any atom is -0.397 e. The first-order valence-corrected chi connectivity index (χ1v) is 8.00. The Morgan fingerprint density at radius 2 is 2.05 bits per heavy atom. The van der Waals surface area contributed by atoms with E-state index in [9.17, 15) is 12.8 Å². The van der Waals surface area contributed by atoms with Crippen molar-refractivity contribution < 1.29 is 12.8 Å². The summed E-state index contributed by atoms with van der Waals surface area (Å²) in [6, 6.07) is 0.987. The van der Waals surface area contributed by atoms with E-state index in [-0.39, 0.29) is 39.6 Å². The van der Waals surface area contributed by atoms with Gasteiger partial charge >= 0.3 is 0 Å². The lowest BCUT2D eigenvalue weighted by Gasteiger charge is -2.25. The molecule has 1 aromatic carbocycles. The fourth-order valence-corrected chi connectivity index (χ4v) is 3.94. The maximum atomic E-state index is 14.0. The second-order valence-electron chi connectivity index (χ2n) is 4.66. The van der Waals surface area contributed by atoms with Gasteiger partial charge in [-0.25, -0.2) is 12.8 Å². The highest BCUT2D eigenvalue weighted by Crippen LogP contribution is 2.34. The van der Waals surface area contributed by atoms with Crippen LogP contribution < -0.4 is 16.8 Å². The number of anilines is 3. The molecule has 0 aromatic heterocycles. The van der Waals surface area contributed by atoms with Crippen molar-refractivity contribution >= 4 is 38.5 Å². The molecule has 1 aliphatic heterocycles. The van der Waals surface area contributed by atoms with Gasteiger partial charge in [-0.3, -0.25) is 0 Å². The number of benzene rings is 1. The van der Waals surface area contributed by atoms with Gasteiger partial charge < -0.3 is 16.8 Å². The van der Waals surface area contributed by atoms with Gasteiger partial charge in [0, 0.05) is 6.04 Å². The van der Waals surface area contributed by atoms with E-state index >= 15 is 0 Å². The molecule has 0 aliphatic carbocycles. The molecule has 1 heterocycles. The normalized spacial score (nSPS) is 22.1. The second-order valence-corrected chi connectivity index (χ2v) is 7.26. The summed E-state index contributed by atoms with van der Waals surface area (Å²) in [7, 11) is -3.08. The topological polar surface area (TPSA) is 98.2 Å². The number of sulfone groups is 1. The maximum absolute atomic E-state index is 14.0. The molecule has 1 aromatic rings. The molecule has 1 aliphatic rings. The molecular weight excluding hydrogens is 293 g/mol. The summed E-state index contributed by atoms with van der Waals surface area (Å²) in [5.74, 6) is -0.610. The molecule has 0 radical (unpaired) electrons.